The lowest BCUT2D eigenvalue weighted by molar-refractivity contribution is 0.489. The van der Waals surface area contributed by atoms with E-state index in [2.05, 4.69) is 25.9 Å². The second kappa shape index (κ2) is 3.06. The number of pyridine rings is 1. The monoisotopic (exact) mass is 244 g/mol. The molecule has 0 atom stereocenters. The molecule has 0 aliphatic rings. The van der Waals surface area contributed by atoms with Crippen LogP contribution in [0.15, 0.2) is 26.5 Å². The van der Waals surface area contributed by atoms with Crippen LogP contribution in [-0.4, -0.2) is 16.2 Å². The molecule has 62 valence electrons. The van der Waals surface area contributed by atoms with Crippen molar-refractivity contribution in [3.05, 3.63) is 16.9 Å². The van der Waals surface area contributed by atoms with E-state index >= 15 is 0 Å². The van der Waals surface area contributed by atoms with Crippen molar-refractivity contribution in [3.8, 4) is 0 Å². The molecular formula is C7H5BrN2OS. The average Bonchev–Trinajstić information content (AvgIpc) is 2.46. The third-order valence-electron chi connectivity index (χ3n) is 1.40. The highest BCUT2D eigenvalue weighted by Gasteiger charge is 2.04. The Morgan fingerprint density at radius 2 is 2.42 bits per heavy atom. The van der Waals surface area contributed by atoms with E-state index in [1.54, 1.807) is 6.20 Å². The highest BCUT2D eigenvalue weighted by atomic mass is 79.9. The summed E-state index contributed by atoms with van der Waals surface area (Å²) < 4.78 is 6.11. The molecule has 3 nitrogen and oxygen atoms in total. The minimum absolute atomic E-state index is 0.671. The maximum absolute atomic E-state index is 5.34. The molecule has 0 bridgehead atoms. The zero-order chi connectivity index (χ0) is 8.55. The molecule has 0 aliphatic heterocycles. The predicted molar refractivity (Wildman–Crippen MR) is 51.3 cm³/mol. The molecule has 0 N–H and O–H groups in total. The van der Waals surface area contributed by atoms with Gasteiger partial charge in [0, 0.05) is 6.07 Å². The minimum atomic E-state index is 0.671. The summed E-state index contributed by atoms with van der Waals surface area (Å²) in [6, 6.07) is 1.83. The summed E-state index contributed by atoms with van der Waals surface area (Å²) >= 11 is 4.74. The number of halogens is 1. The van der Waals surface area contributed by atoms with Crippen LogP contribution in [-0.2, 0) is 0 Å². The van der Waals surface area contributed by atoms with Crippen molar-refractivity contribution in [1.82, 2.24) is 9.97 Å². The van der Waals surface area contributed by atoms with E-state index in [0.717, 1.165) is 15.7 Å². The van der Waals surface area contributed by atoms with Crippen molar-refractivity contribution in [2.75, 3.05) is 6.26 Å². The number of aromatic nitrogens is 2. The quantitative estimate of drug-likeness (QED) is 0.572. The zero-order valence-corrected chi connectivity index (χ0v) is 8.65. The first-order valence-corrected chi connectivity index (χ1v) is 5.27. The van der Waals surface area contributed by atoms with Gasteiger partial charge in [0.1, 0.15) is 10.1 Å². The fraction of sp³-hybridized carbons (Fsp3) is 0.143. The molecule has 0 unspecified atom stereocenters. The van der Waals surface area contributed by atoms with Crippen LogP contribution < -0.4 is 0 Å². The van der Waals surface area contributed by atoms with Gasteiger partial charge >= 0.3 is 0 Å². The Morgan fingerprint density at radius 3 is 3.17 bits per heavy atom. The lowest BCUT2D eigenvalue weighted by Crippen LogP contribution is -1.73. The van der Waals surface area contributed by atoms with Gasteiger partial charge in [0.15, 0.2) is 5.58 Å². The van der Waals surface area contributed by atoms with E-state index in [1.165, 1.54) is 11.8 Å². The first-order valence-electron chi connectivity index (χ1n) is 3.25. The van der Waals surface area contributed by atoms with Crippen LogP contribution >= 0.6 is 27.7 Å². The molecular weight excluding hydrogens is 240 g/mol. The molecule has 0 spiro atoms. The van der Waals surface area contributed by atoms with Crippen LogP contribution in [0, 0.1) is 0 Å². The van der Waals surface area contributed by atoms with Crippen molar-refractivity contribution in [1.29, 1.82) is 0 Å². The second-order valence-corrected chi connectivity index (χ2v) is 3.73. The summed E-state index contributed by atoms with van der Waals surface area (Å²) in [4.78, 5) is 8.25. The Morgan fingerprint density at radius 1 is 1.58 bits per heavy atom. The fourth-order valence-electron chi connectivity index (χ4n) is 0.876. The summed E-state index contributed by atoms with van der Waals surface area (Å²) in [5, 5.41) is 0.671. The standard InChI is InChI=1S/C7H5BrN2OS/c1-12-7-10-4-2-6(8)9-3-5(4)11-7/h2-3H,1H3. The smallest absolute Gasteiger partial charge is 0.256 e. The van der Waals surface area contributed by atoms with Gasteiger partial charge in [-0.1, -0.05) is 11.8 Å². The Labute approximate surface area is 81.7 Å². The van der Waals surface area contributed by atoms with Gasteiger partial charge in [-0.25, -0.2) is 9.97 Å². The van der Waals surface area contributed by atoms with Gasteiger partial charge in [-0.15, -0.1) is 0 Å². The molecule has 0 amide bonds. The Bertz CT molecular complexity index is 415. The third kappa shape index (κ3) is 1.34. The number of nitrogens with zero attached hydrogens (tertiary/aromatic N) is 2. The first-order chi connectivity index (χ1) is 5.79. The molecule has 2 heterocycles. The van der Waals surface area contributed by atoms with Crippen molar-refractivity contribution >= 4 is 38.8 Å². The average molecular weight is 245 g/mol. The van der Waals surface area contributed by atoms with Crippen LogP contribution in [0.3, 0.4) is 0 Å². The molecule has 0 saturated carbocycles. The number of fused-ring (bicyclic) bond motifs is 1. The highest BCUT2D eigenvalue weighted by molar-refractivity contribution is 9.10. The SMILES string of the molecule is CSc1nc2cc(Br)ncc2o1. The van der Waals surface area contributed by atoms with Gasteiger partial charge in [0.2, 0.25) is 0 Å². The van der Waals surface area contributed by atoms with Gasteiger partial charge < -0.3 is 4.42 Å². The highest BCUT2D eigenvalue weighted by Crippen LogP contribution is 2.22. The molecule has 0 aromatic carbocycles. The van der Waals surface area contributed by atoms with Crippen molar-refractivity contribution < 1.29 is 4.42 Å². The van der Waals surface area contributed by atoms with E-state index in [-0.39, 0.29) is 0 Å². The van der Waals surface area contributed by atoms with Crippen molar-refractivity contribution in [2.45, 2.75) is 5.22 Å². The molecule has 0 aliphatic carbocycles. The van der Waals surface area contributed by atoms with Gasteiger partial charge in [-0.2, -0.15) is 0 Å². The van der Waals surface area contributed by atoms with Gasteiger partial charge in [-0.05, 0) is 22.2 Å². The maximum atomic E-state index is 5.34. The van der Waals surface area contributed by atoms with E-state index in [0.29, 0.717) is 5.22 Å². The van der Waals surface area contributed by atoms with Crippen LogP contribution in [0.1, 0.15) is 0 Å². The molecule has 0 fully saturated rings. The zero-order valence-electron chi connectivity index (χ0n) is 6.24. The maximum Gasteiger partial charge on any atom is 0.256 e. The number of rotatable bonds is 1. The minimum Gasteiger partial charge on any atom is -0.430 e. The molecule has 2 rings (SSSR count). The lowest BCUT2D eigenvalue weighted by atomic mass is 10.4. The normalized spacial score (nSPS) is 10.8. The van der Waals surface area contributed by atoms with E-state index in [1.807, 2.05) is 12.3 Å². The molecule has 0 radical (unpaired) electrons. The first kappa shape index (κ1) is 8.07. The fourth-order valence-corrected chi connectivity index (χ4v) is 1.56. The topological polar surface area (TPSA) is 38.9 Å². The van der Waals surface area contributed by atoms with Crippen molar-refractivity contribution in [2.24, 2.45) is 0 Å². The molecule has 2 aromatic heterocycles. The summed E-state index contributed by atoms with van der Waals surface area (Å²) in [6.07, 6.45) is 3.58. The summed E-state index contributed by atoms with van der Waals surface area (Å²) in [6.45, 7) is 0. The number of oxazole rings is 1. The van der Waals surface area contributed by atoms with E-state index in [4.69, 9.17) is 4.42 Å². The Kier molecular flexibility index (Phi) is 2.06. The largest absolute Gasteiger partial charge is 0.430 e. The van der Waals surface area contributed by atoms with Gasteiger partial charge in [0.05, 0.1) is 6.20 Å². The molecule has 12 heavy (non-hydrogen) atoms. The molecule has 5 heteroatoms. The molecule has 2 aromatic rings. The van der Waals surface area contributed by atoms with E-state index < -0.39 is 0 Å². The van der Waals surface area contributed by atoms with Crippen LogP contribution in [0.4, 0.5) is 0 Å². The number of hydrogen-bond donors (Lipinski definition) is 0. The van der Waals surface area contributed by atoms with Gasteiger partial charge in [-0.3, -0.25) is 0 Å². The predicted octanol–water partition coefficient (Wildman–Crippen LogP) is 2.71. The summed E-state index contributed by atoms with van der Waals surface area (Å²) in [5.74, 6) is 0. The van der Waals surface area contributed by atoms with Crippen LogP contribution in [0.2, 0.25) is 0 Å². The van der Waals surface area contributed by atoms with Gasteiger partial charge in [0.25, 0.3) is 5.22 Å². The number of thioether (sulfide) groups is 1. The van der Waals surface area contributed by atoms with Crippen molar-refractivity contribution in [3.63, 3.8) is 0 Å². The Hall–Kier alpha value is -0.550. The Balaban J connectivity index is 2.67. The third-order valence-corrected chi connectivity index (χ3v) is 2.35. The summed E-state index contributed by atoms with van der Waals surface area (Å²) in [5.41, 5.74) is 1.56. The molecule has 0 saturated heterocycles. The summed E-state index contributed by atoms with van der Waals surface area (Å²) in [7, 11) is 0. The van der Waals surface area contributed by atoms with E-state index in [9.17, 15) is 0 Å². The lowest BCUT2D eigenvalue weighted by Gasteiger charge is -1.85. The second-order valence-electron chi connectivity index (χ2n) is 2.16. The van der Waals surface area contributed by atoms with Crippen LogP contribution in [0.25, 0.3) is 11.1 Å². The van der Waals surface area contributed by atoms with Crippen LogP contribution in [0.5, 0.6) is 0 Å². The number of hydrogen-bond acceptors (Lipinski definition) is 4.